The quantitative estimate of drug-likeness (QED) is 0.663. The molecule has 0 aliphatic heterocycles. The van der Waals surface area contributed by atoms with Gasteiger partial charge in [-0.25, -0.2) is 4.79 Å². The lowest BCUT2D eigenvalue weighted by molar-refractivity contribution is -0.132. The Kier molecular flexibility index (Phi) is 5.41. The third kappa shape index (κ3) is 3.62. The molecule has 1 aromatic heterocycles. The Labute approximate surface area is 144 Å². The average Bonchev–Trinajstić information content (AvgIpc) is 2.59. The zero-order chi connectivity index (χ0) is 18.6. The summed E-state index contributed by atoms with van der Waals surface area (Å²) in [6.45, 7) is 3.62. The van der Waals surface area contributed by atoms with Gasteiger partial charge in [-0.15, -0.1) is 0 Å². The smallest absolute Gasteiger partial charge is 0.328 e. The van der Waals surface area contributed by atoms with E-state index >= 15 is 0 Å². The van der Waals surface area contributed by atoms with Gasteiger partial charge in [0.1, 0.15) is 5.54 Å². The molecule has 0 spiro atoms. The molecule has 0 bridgehead atoms. The number of benzene rings is 1. The Hall–Kier alpha value is -2.90. The average molecular weight is 346 g/mol. The van der Waals surface area contributed by atoms with Crippen molar-refractivity contribution in [2.75, 3.05) is 0 Å². The fourth-order valence-corrected chi connectivity index (χ4v) is 2.84. The van der Waals surface area contributed by atoms with Crippen molar-refractivity contribution in [1.82, 2.24) is 14.9 Å². The molecule has 0 saturated carbocycles. The van der Waals surface area contributed by atoms with E-state index in [1.165, 1.54) is 4.57 Å². The largest absolute Gasteiger partial charge is 0.368 e. The monoisotopic (exact) mass is 346 g/mol. The van der Waals surface area contributed by atoms with Crippen LogP contribution in [0.1, 0.15) is 33.1 Å². The number of primary amides is 1. The number of amides is 2. The predicted octanol–water partition coefficient (Wildman–Crippen LogP) is 0.240. The molecule has 8 heteroatoms. The summed E-state index contributed by atoms with van der Waals surface area (Å²) in [5, 5.41) is 3.05. The van der Waals surface area contributed by atoms with Crippen molar-refractivity contribution in [2.24, 2.45) is 5.73 Å². The lowest BCUT2D eigenvalue weighted by Crippen LogP contribution is -2.56. The Balaban J connectivity index is 2.24. The molecule has 0 radical (unpaired) electrons. The number of carbonyl (C=O) groups is 2. The topological polar surface area (TPSA) is 127 Å². The van der Waals surface area contributed by atoms with Crippen LogP contribution in [0.15, 0.2) is 33.9 Å². The van der Waals surface area contributed by atoms with Crippen LogP contribution in [0, 0.1) is 0 Å². The van der Waals surface area contributed by atoms with Crippen molar-refractivity contribution in [2.45, 2.75) is 45.2 Å². The number of fused-ring (bicyclic) bond motifs is 1. The van der Waals surface area contributed by atoms with E-state index in [1.807, 2.05) is 0 Å². The summed E-state index contributed by atoms with van der Waals surface area (Å²) in [6.07, 6.45) is 0.739. The number of para-hydroxylation sites is 1. The normalized spacial score (nSPS) is 11.4. The predicted molar refractivity (Wildman–Crippen MR) is 94.1 cm³/mol. The summed E-state index contributed by atoms with van der Waals surface area (Å²) in [6, 6.07) is 6.67. The minimum absolute atomic E-state index is 0.0228. The summed E-state index contributed by atoms with van der Waals surface area (Å²) in [4.78, 5) is 50.1. The van der Waals surface area contributed by atoms with Crippen molar-refractivity contribution in [3.63, 3.8) is 0 Å². The van der Waals surface area contributed by atoms with Crippen molar-refractivity contribution < 1.29 is 9.59 Å². The summed E-state index contributed by atoms with van der Waals surface area (Å²) in [7, 11) is 0. The first-order chi connectivity index (χ1) is 11.8. The fraction of sp³-hybridized carbons (Fsp3) is 0.412. The molecule has 1 heterocycles. The highest BCUT2D eigenvalue weighted by Gasteiger charge is 2.34. The van der Waals surface area contributed by atoms with E-state index in [0.29, 0.717) is 23.7 Å². The minimum Gasteiger partial charge on any atom is -0.368 e. The van der Waals surface area contributed by atoms with Crippen LogP contribution in [0.25, 0.3) is 10.9 Å². The third-order valence-corrected chi connectivity index (χ3v) is 4.53. The molecule has 2 amide bonds. The van der Waals surface area contributed by atoms with Crippen LogP contribution in [-0.4, -0.2) is 26.9 Å². The van der Waals surface area contributed by atoms with Crippen molar-refractivity contribution in [3.05, 3.63) is 45.1 Å². The zero-order valence-corrected chi connectivity index (χ0v) is 14.3. The molecule has 0 saturated heterocycles. The van der Waals surface area contributed by atoms with Gasteiger partial charge in [0.25, 0.3) is 5.56 Å². The van der Waals surface area contributed by atoms with E-state index in [-0.39, 0.29) is 18.9 Å². The number of hydrogen-bond donors (Lipinski definition) is 3. The molecule has 8 nitrogen and oxygen atoms in total. The fourth-order valence-electron chi connectivity index (χ4n) is 2.84. The highest BCUT2D eigenvalue weighted by Crippen LogP contribution is 2.15. The molecule has 0 fully saturated rings. The van der Waals surface area contributed by atoms with E-state index in [1.54, 1.807) is 38.1 Å². The van der Waals surface area contributed by atoms with Crippen molar-refractivity contribution >= 4 is 22.7 Å². The Morgan fingerprint density at radius 3 is 2.44 bits per heavy atom. The number of aryl methyl sites for hydroxylation is 1. The molecule has 1 aromatic carbocycles. The maximum absolute atomic E-state index is 12.3. The first-order valence-corrected chi connectivity index (χ1v) is 8.17. The van der Waals surface area contributed by atoms with Gasteiger partial charge in [-0.05, 0) is 25.0 Å². The molecule has 2 rings (SSSR count). The highest BCUT2D eigenvalue weighted by atomic mass is 16.2. The molecular weight excluding hydrogens is 324 g/mol. The van der Waals surface area contributed by atoms with Gasteiger partial charge in [0.2, 0.25) is 11.8 Å². The Morgan fingerprint density at radius 2 is 1.84 bits per heavy atom. The standard InChI is InChI=1S/C17H22N4O4/c1-3-17(4-2,15(18)24)20-13(22)9-10-21-12-8-6-5-7-11(12)14(23)19-16(21)25/h5-8H,3-4,9-10H2,1-2H3,(H2,18,24)(H,20,22)(H,19,23,25). The molecule has 134 valence electrons. The van der Waals surface area contributed by atoms with Crippen LogP contribution < -0.4 is 22.3 Å². The number of H-pyrrole nitrogens is 1. The third-order valence-electron chi connectivity index (χ3n) is 4.53. The number of rotatable bonds is 7. The Bertz CT molecular complexity index is 909. The van der Waals surface area contributed by atoms with Crippen LogP contribution >= 0.6 is 0 Å². The second-order valence-corrected chi connectivity index (χ2v) is 5.88. The number of carbonyl (C=O) groups excluding carboxylic acids is 2. The first-order valence-electron chi connectivity index (χ1n) is 8.17. The van der Waals surface area contributed by atoms with Crippen molar-refractivity contribution in [1.29, 1.82) is 0 Å². The van der Waals surface area contributed by atoms with Gasteiger partial charge >= 0.3 is 5.69 Å². The number of nitrogens with two attached hydrogens (primary N) is 1. The van der Waals surface area contributed by atoms with Gasteiger partial charge in [-0.2, -0.15) is 0 Å². The van der Waals surface area contributed by atoms with Gasteiger partial charge in [0.05, 0.1) is 10.9 Å². The molecule has 2 aromatic rings. The van der Waals surface area contributed by atoms with Crippen molar-refractivity contribution in [3.8, 4) is 0 Å². The van der Waals surface area contributed by atoms with Gasteiger partial charge in [0, 0.05) is 13.0 Å². The minimum atomic E-state index is -1.09. The van der Waals surface area contributed by atoms with E-state index in [4.69, 9.17) is 5.73 Å². The van der Waals surface area contributed by atoms with Gasteiger partial charge in [-0.3, -0.25) is 23.9 Å². The molecule has 25 heavy (non-hydrogen) atoms. The van der Waals surface area contributed by atoms with E-state index < -0.39 is 22.7 Å². The van der Waals surface area contributed by atoms with E-state index in [0.717, 1.165) is 0 Å². The van der Waals surface area contributed by atoms with Gasteiger partial charge in [0.15, 0.2) is 0 Å². The number of nitrogens with zero attached hydrogens (tertiary/aromatic N) is 1. The maximum atomic E-state index is 12.3. The number of aromatic nitrogens is 2. The summed E-state index contributed by atoms with van der Waals surface area (Å²) in [5.74, 6) is -0.970. The summed E-state index contributed by atoms with van der Waals surface area (Å²) >= 11 is 0. The second-order valence-electron chi connectivity index (χ2n) is 5.88. The van der Waals surface area contributed by atoms with E-state index in [9.17, 15) is 19.2 Å². The molecule has 0 unspecified atom stereocenters. The number of hydrogen-bond acceptors (Lipinski definition) is 4. The van der Waals surface area contributed by atoms with Gasteiger partial charge < -0.3 is 11.1 Å². The molecule has 0 aliphatic rings. The molecule has 0 atom stereocenters. The first kappa shape index (κ1) is 18.4. The van der Waals surface area contributed by atoms with Crippen LogP contribution in [0.4, 0.5) is 0 Å². The molecule has 4 N–H and O–H groups in total. The van der Waals surface area contributed by atoms with Crippen LogP contribution in [0.3, 0.4) is 0 Å². The number of aromatic amines is 1. The highest BCUT2D eigenvalue weighted by molar-refractivity contribution is 5.90. The second kappa shape index (κ2) is 7.33. The number of nitrogens with one attached hydrogen (secondary N) is 2. The molecular formula is C17H22N4O4. The van der Waals surface area contributed by atoms with Crippen LogP contribution in [-0.2, 0) is 16.1 Å². The lowest BCUT2D eigenvalue weighted by atomic mass is 9.92. The summed E-state index contributed by atoms with van der Waals surface area (Å²) in [5.41, 5.74) is 3.73. The van der Waals surface area contributed by atoms with Crippen LogP contribution in [0.2, 0.25) is 0 Å². The SMILES string of the molecule is CCC(CC)(NC(=O)CCn1c(=O)[nH]c(=O)c2ccccc21)C(N)=O. The maximum Gasteiger partial charge on any atom is 0.328 e. The Morgan fingerprint density at radius 1 is 1.20 bits per heavy atom. The molecule has 0 aliphatic carbocycles. The van der Waals surface area contributed by atoms with E-state index in [2.05, 4.69) is 10.3 Å². The zero-order valence-electron chi connectivity index (χ0n) is 14.3. The lowest BCUT2D eigenvalue weighted by Gasteiger charge is -2.29. The van der Waals surface area contributed by atoms with Crippen LogP contribution in [0.5, 0.6) is 0 Å². The summed E-state index contributed by atoms with van der Waals surface area (Å²) < 4.78 is 1.33. The van der Waals surface area contributed by atoms with Gasteiger partial charge in [-0.1, -0.05) is 26.0 Å².